The van der Waals surface area contributed by atoms with Gasteiger partial charge in [-0.3, -0.25) is 9.59 Å². The van der Waals surface area contributed by atoms with Crippen molar-refractivity contribution in [3.05, 3.63) is 81.5 Å². The maximum Gasteiger partial charge on any atom is 0.341 e. The molecule has 4 rings (SSSR count). The van der Waals surface area contributed by atoms with Gasteiger partial charge in [0.05, 0.1) is 18.4 Å². The summed E-state index contributed by atoms with van der Waals surface area (Å²) in [5.74, 6) is -2.12. The molecule has 2 N–H and O–H groups in total. The Balaban J connectivity index is 1.33. The highest BCUT2D eigenvalue weighted by atomic mass is 32.1. The monoisotopic (exact) mass is 509 g/mol. The Kier molecular flexibility index (Phi) is 7.74. The van der Waals surface area contributed by atoms with Gasteiger partial charge in [0.25, 0.3) is 0 Å². The molecule has 0 aliphatic heterocycles. The average Bonchev–Trinajstić information content (AvgIpc) is 3.47. The van der Waals surface area contributed by atoms with E-state index in [9.17, 15) is 18.8 Å². The summed E-state index contributed by atoms with van der Waals surface area (Å²) in [5, 5.41) is 6.83. The third-order valence-electron chi connectivity index (χ3n) is 5.66. The van der Waals surface area contributed by atoms with E-state index in [0.29, 0.717) is 34.2 Å². The predicted octanol–water partition coefficient (Wildman–Crippen LogP) is 4.22. The number of benzene rings is 2. The van der Waals surface area contributed by atoms with Crippen molar-refractivity contribution in [2.45, 2.75) is 32.8 Å². The lowest BCUT2D eigenvalue weighted by molar-refractivity contribution is -0.136. The van der Waals surface area contributed by atoms with E-state index in [1.54, 1.807) is 43.3 Å². The number of hydrogen-bond donors (Lipinski definition) is 2. The summed E-state index contributed by atoms with van der Waals surface area (Å²) in [7, 11) is 1.28. The Bertz CT molecular complexity index is 1320. The van der Waals surface area contributed by atoms with Gasteiger partial charge < -0.3 is 14.8 Å². The van der Waals surface area contributed by atoms with E-state index in [2.05, 4.69) is 15.8 Å². The number of nitrogens with one attached hydrogen (secondary N) is 2. The third kappa shape index (κ3) is 5.77. The fraction of sp³-hybridized carbons (Fsp3) is 0.231. The molecule has 8 nitrogen and oxygen atoms in total. The molecule has 0 saturated heterocycles. The van der Waals surface area contributed by atoms with Crippen LogP contribution < -0.4 is 15.5 Å². The molecule has 186 valence electrons. The fourth-order valence-electron chi connectivity index (χ4n) is 3.76. The molecule has 36 heavy (non-hydrogen) atoms. The summed E-state index contributed by atoms with van der Waals surface area (Å²) in [4.78, 5) is 38.0. The summed E-state index contributed by atoms with van der Waals surface area (Å²) in [6, 6.07) is 13.1. The molecule has 3 aromatic rings. The van der Waals surface area contributed by atoms with Crippen LogP contribution in [0.2, 0.25) is 0 Å². The minimum absolute atomic E-state index is 0.294. The highest BCUT2D eigenvalue weighted by Gasteiger charge is 2.29. The highest BCUT2D eigenvalue weighted by Crippen LogP contribution is 2.39. The second-order valence-electron chi connectivity index (χ2n) is 8.08. The van der Waals surface area contributed by atoms with E-state index < -0.39 is 17.8 Å². The van der Waals surface area contributed by atoms with Gasteiger partial charge in [0, 0.05) is 4.88 Å². The molecule has 2 aromatic carbocycles. The van der Waals surface area contributed by atoms with Gasteiger partial charge in [-0.15, -0.1) is 11.3 Å². The van der Waals surface area contributed by atoms with Crippen molar-refractivity contribution in [3.63, 3.8) is 0 Å². The first-order valence-electron chi connectivity index (χ1n) is 11.2. The van der Waals surface area contributed by atoms with E-state index in [0.717, 1.165) is 35.3 Å². The van der Waals surface area contributed by atoms with Gasteiger partial charge in [-0.1, -0.05) is 12.1 Å². The number of halogens is 1. The fourth-order valence-corrected chi connectivity index (χ4v) is 5.03. The molecule has 1 aliphatic carbocycles. The molecule has 1 aromatic heterocycles. The zero-order valence-electron chi connectivity index (χ0n) is 19.7. The van der Waals surface area contributed by atoms with Gasteiger partial charge in [-0.25, -0.2) is 14.6 Å². The molecule has 1 aliphatic rings. The van der Waals surface area contributed by atoms with E-state index in [1.807, 2.05) is 0 Å². The normalized spacial score (nSPS) is 12.6. The van der Waals surface area contributed by atoms with E-state index in [1.165, 1.54) is 30.6 Å². The Morgan fingerprint density at radius 2 is 1.75 bits per heavy atom. The van der Waals surface area contributed by atoms with Crippen LogP contribution in [0.1, 0.15) is 45.3 Å². The van der Waals surface area contributed by atoms with Crippen molar-refractivity contribution >= 4 is 39.8 Å². The quantitative estimate of drug-likeness (QED) is 0.215. The molecule has 10 heteroatoms. The number of rotatable bonds is 7. The number of amides is 2. The molecule has 0 atom stereocenters. The van der Waals surface area contributed by atoms with Crippen molar-refractivity contribution in [3.8, 4) is 5.75 Å². The molecular weight excluding hydrogens is 485 g/mol. The van der Waals surface area contributed by atoms with Crippen LogP contribution in [0.25, 0.3) is 0 Å². The predicted molar refractivity (Wildman–Crippen MR) is 134 cm³/mol. The summed E-state index contributed by atoms with van der Waals surface area (Å²) in [6.45, 7) is 1.98. The SMILES string of the molecule is COC(=O)c1c(NC(=O)C(=O)NN=C(C)c2ccc(OCc3ccc(F)cc3)cc2)sc2c1CCC2. The number of hydrogen-bond acceptors (Lipinski definition) is 7. The number of fused-ring (bicyclic) bond motifs is 1. The van der Waals surface area contributed by atoms with E-state index >= 15 is 0 Å². The molecule has 0 spiro atoms. The van der Waals surface area contributed by atoms with Gasteiger partial charge in [0.1, 0.15) is 23.2 Å². The second kappa shape index (κ2) is 11.1. The van der Waals surface area contributed by atoms with Crippen molar-refractivity contribution in [1.82, 2.24) is 5.43 Å². The number of esters is 1. The van der Waals surface area contributed by atoms with Gasteiger partial charge in [-0.05, 0) is 79.3 Å². The number of methoxy groups -OCH3 is 1. The number of anilines is 1. The van der Waals surface area contributed by atoms with Crippen molar-refractivity contribution in [1.29, 1.82) is 0 Å². The molecule has 0 unspecified atom stereocenters. The number of ether oxygens (including phenoxy) is 2. The van der Waals surface area contributed by atoms with Gasteiger partial charge in [0.2, 0.25) is 0 Å². The third-order valence-corrected chi connectivity index (χ3v) is 6.87. The minimum atomic E-state index is -0.960. The number of carbonyl (C=O) groups is 3. The molecule has 1 heterocycles. The summed E-state index contributed by atoms with van der Waals surface area (Å²) >= 11 is 1.29. The first-order valence-corrected chi connectivity index (χ1v) is 12.0. The molecule has 0 fully saturated rings. The van der Waals surface area contributed by atoms with E-state index in [-0.39, 0.29) is 5.82 Å². The van der Waals surface area contributed by atoms with Crippen LogP contribution in [0.5, 0.6) is 5.75 Å². The standard InChI is InChI=1S/C26H24FN3O5S/c1-15(17-8-12-19(13-9-17)35-14-16-6-10-18(27)11-7-16)29-30-24(32)23(31)28-25-22(26(33)34-2)20-4-3-5-21(20)36-25/h6-13H,3-5,14H2,1-2H3,(H,28,31)(H,30,32). The van der Waals surface area contributed by atoms with Crippen molar-refractivity contribution < 1.29 is 28.2 Å². The maximum absolute atomic E-state index is 13.0. The van der Waals surface area contributed by atoms with Gasteiger partial charge in [0.15, 0.2) is 0 Å². The Morgan fingerprint density at radius 3 is 2.44 bits per heavy atom. The number of nitrogens with zero attached hydrogens (tertiary/aromatic N) is 1. The first-order chi connectivity index (χ1) is 17.4. The molecule has 0 saturated carbocycles. The van der Waals surface area contributed by atoms with Crippen molar-refractivity contribution in [2.24, 2.45) is 5.10 Å². The van der Waals surface area contributed by atoms with Crippen LogP contribution in [0.15, 0.2) is 53.6 Å². The Labute approximate surface area is 211 Å². The van der Waals surface area contributed by atoms with Gasteiger partial charge in [-0.2, -0.15) is 5.10 Å². The van der Waals surface area contributed by atoms with Crippen LogP contribution in [-0.4, -0.2) is 30.6 Å². The van der Waals surface area contributed by atoms with Crippen LogP contribution >= 0.6 is 11.3 Å². The Morgan fingerprint density at radius 1 is 1.03 bits per heavy atom. The lowest BCUT2D eigenvalue weighted by Crippen LogP contribution is -2.33. The number of thiophene rings is 1. The molecular formula is C26H24FN3O5S. The number of aryl methyl sites for hydroxylation is 1. The molecule has 0 bridgehead atoms. The highest BCUT2D eigenvalue weighted by molar-refractivity contribution is 7.17. The largest absolute Gasteiger partial charge is 0.489 e. The number of hydrazone groups is 1. The van der Waals surface area contributed by atoms with E-state index in [4.69, 9.17) is 9.47 Å². The number of carbonyl (C=O) groups excluding carboxylic acids is 3. The summed E-state index contributed by atoms with van der Waals surface area (Å²) in [6.07, 6.45) is 2.50. The lowest BCUT2D eigenvalue weighted by Gasteiger charge is -2.08. The van der Waals surface area contributed by atoms with Crippen LogP contribution in [-0.2, 0) is 33.8 Å². The van der Waals surface area contributed by atoms with Crippen molar-refractivity contribution in [2.75, 3.05) is 12.4 Å². The zero-order chi connectivity index (χ0) is 25.7. The average molecular weight is 510 g/mol. The van der Waals surface area contributed by atoms with Crippen LogP contribution in [0.4, 0.5) is 9.39 Å². The topological polar surface area (TPSA) is 106 Å². The van der Waals surface area contributed by atoms with Gasteiger partial charge >= 0.3 is 17.8 Å². The Hall–Kier alpha value is -4.05. The summed E-state index contributed by atoms with van der Waals surface area (Å²) < 4.78 is 23.5. The zero-order valence-corrected chi connectivity index (χ0v) is 20.5. The molecule has 2 amide bonds. The smallest absolute Gasteiger partial charge is 0.341 e. The second-order valence-corrected chi connectivity index (χ2v) is 9.19. The lowest BCUT2D eigenvalue weighted by atomic mass is 10.1. The first kappa shape index (κ1) is 25.1. The molecule has 0 radical (unpaired) electrons. The minimum Gasteiger partial charge on any atom is -0.489 e. The maximum atomic E-state index is 13.0. The van der Waals surface area contributed by atoms with Crippen LogP contribution in [0.3, 0.4) is 0 Å². The van der Waals surface area contributed by atoms with Crippen LogP contribution in [0, 0.1) is 5.82 Å². The summed E-state index contributed by atoms with van der Waals surface area (Å²) in [5.41, 5.74) is 5.47.